The van der Waals surface area contributed by atoms with Crippen molar-refractivity contribution in [2.24, 2.45) is 0 Å². The van der Waals surface area contributed by atoms with Gasteiger partial charge in [0.05, 0.1) is 29.3 Å². The number of hydrogen-bond donors (Lipinski definition) is 0. The maximum Gasteiger partial charge on any atom is 0.166 e. The van der Waals surface area contributed by atoms with E-state index in [-0.39, 0.29) is 24.2 Å². The number of alkyl halides is 1. The third-order valence-electron chi connectivity index (χ3n) is 4.26. The predicted octanol–water partition coefficient (Wildman–Crippen LogP) is 4.86. The molecule has 25 heavy (non-hydrogen) atoms. The van der Waals surface area contributed by atoms with Gasteiger partial charge in [-0.2, -0.15) is 0 Å². The van der Waals surface area contributed by atoms with Gasteiger partial charge in [0.15, 0.2) is 5.78 Å². The van der Waals surface area contributed by atoms with E-state index in [9.17, 15) is 18.0 Å². The first-order valence-corrected chi connectivity index (χ1v) is 8.03. The zero-order valence-electron chi connectivity index (χ0n) is 13.7. The minimum absolute atomic E-state index is 0.0641. The van der Waals surface area contributed by atoms with Gasteiger partial charge in [-0.15, -0.1) is 0 Å². The number of halogens is 3. The van der Waals surface area contributed by atoms with Gasteiger partial charge in [-0.1, -0.05) is 6.07 Å². The Kier molecular flexibility index (Phi) is 4.88. The highest BCUT2D eigenvalue weighted by atomic mass is 19.1. The standard InChI is InChI=1S/C19H17F3N2O/c1-12(18-14(21)5-2-6-15(18)22)24-11-13(17(25)8-3-9-20)19-16(24)7-4-10-23-19/h2,4-7,10-12H,3,8-9H2,1H3. The van der Waals surface area contributed by atoms with Crippen molar-refractivity contribution >= 4 is 16.8 Å². The van der Waals surface area contributed by atoms with E-state index >= 15 is 0 Å². The highest BCUT2D eigenvalue weighted by Gasteiger charge is 2.22. The van der Waals surface area contributed by atoms with E-state index < -0.39 is 24.4 Å². The molecule has 0 aliphatic carbocycles. The van der Waals surface area contributed by atoms with E-state index in [1.807, 2.05) is 0 Å². The number of Topliss-reactive ketones (excluding diaryl/α,β-unsaturated/α-hetero) is 1. The molecule has 1 atom stereocenters. The van der Waals surface area contributed by atoms with Crippen molar-refractivity contribution < 1.29 is 18.0 Å². The molecular formula is C19H17F3N2O. The van der Waals surface area contributed by atoms with Crippen LogP contribution in [0.3, 0.4) is 0 Å². The summed E-state index contributed by atoms with van der Waals surface area (Å²) in [6.07, 6.45) is 3.30. The Morgan fingerprint density at radius 2 is 1.92 bits per heavy atom. The summed E-state index contributed by atoms with van der Waals surface area (Å²) < 4.78 is 42.3. The quantitative estimate of drug-likeness (QED) is 0.598. The summed E-state index contributed by atoms with van der Waals surface area (Å²) >= 11 is 0. The molecule has 2 heterocycles. The molecule has 2 aromatic heterocycles. The lowest BCUT2D eigenvalue weighted by molar-refractivity contribution is 0.0978. The lowest BCUT2D eigenvalue weighted by Gasteiger charge is -2.17. The Morgan fingerprint density at radius 1 is 1.20 bits per heavy atom. The minimum atomic E-state index is -0.671. The smallest absolute Gasteiger partial charge is 0.166 e. The topological polar surface area (TPSA) is 34.9 Å². The van der Waals surface area contributed by atoms with Crippen LogP contribution in [0.4, 0.5) is 13.2 Å². The third-order valence-corrected chi connectivity index (χ3v) is 4.26. The van der Waals surface area contributed by atoms with Crippen LogP contribution in [0.15, 0.2) is 42.7 Å². The molecule has 3 aromatic rings. The van der Waals surface area contributed by atoms with Crippen LogP contribution in [-0.2, 0) is 0 Å². The number of pyridine rings is 1. The van der Waals surface area contributed by atoms with Crippen molar-refractivity contribution in [2.75, 3.05) is 6.67 Å². The first-order valence-electron chi connectivity index (χ1n) is 8.03. The first kappa shape index (κ1) is 17.2. The van der Waals surface area contributed by atoms with Crippen LogP contribution in [0.5, 0.6) is 0 Å². The number of rotatable bonds is 6. The number of hydrogen-bond acceptors (Lipinski definition) is 2. The minimum Gasteiger partial charge on any atom is -0.338 e. The number of ketones is 1. The van der Waals surface area contributed by atoms with Gasteiger partial charge in [0.2, 0.25) is 0 Å². The maximum atomic E-state index is 14.1. The third kappa shape index (κ3) is 3.16. The summed E-state index contributed by atoms with van der Waals surface area (Å²) in [6, 6.07) is 6.47. The Hall–Kier alpha value is -2.63. The van der Waals surface area contributed by atoms with E-state index in [4.69, 9.17) is 0 Å². The fraction of sp³-hybridized carbons (Fsp3) is 0.263. The Morgan fingerprint density at radius 3 is 2.60 bits per heavy atom. The van der Waals surface area contributed by atoms with Gasteiger partial charge in [-0.25, -0.2) is 8.78 Å². The SMILES string of the molecule is CC(c1c(F)cccc1F)n1cc(C(=O)CCCF)c2ncccc21. The molecule has 1 unspecified atom stereocenters. The normalized spacial score (nSPS) is 12.5. The molecule has 3 nitrogen and oxygen atoms in total. The fourth-order valence-electron chi connectivity index (χ4n) is 3.02. The Balaban J connectivity index is 2.12. The van der Waals surface area contributed by atoms with Gasteiger partial charge >= 0.3 is 0 Å². The maximum absolute atomic E-state index is 14.1. The van der Waals surface area contributed by atoms with Crippen molar-refractivity contribution in [3.05, 3.63) is 65.5 Å². The summed E-state index contributed by atoms with van der Waals surface area (Å²) in [6.45, 7) is 1.08. The summed E-state index contributed by atoms with van der Waals surface area (Å²) in [7, 11) is 0. The molecule has 3 rings (SSSR count). The van der Waals surface area contributed by atoms with Gasteiger partial charge in [0.1, 0.15) is 11.6 Å². The van der Waals surface area contributed by atoms with Crippen LogP contribution in [0.2, 0.25) is 0 Å². The highest BCUT2D eigenvalue weighted by molar-refractivity contribution is 6.06. The molecule has 6 heteroatoms. The molecule has 0 fully saturated rings. The average Bonchev–Trinajstić information content (AvgIpc) is 2.99. The van der Waals surface area contributed by atoms with Crippen LogP contribution < -0.4 is 0 Å². The van der Waals surface area contributed by atoms with E-state index in [0.29, 0.717) is 16.6 Å². The second-order valence-corrected chi connectivity index (χ2v) is 5.85. The number of nitrogens with zero attached hydrogens (tertiary/aromatic N) is 2. The van der Waals surface area contributed by atoms with Crippen molar-refractivity contribution in [3.63, 3.8) is 0 Å². The lowest BCUT2D eigenvalue weighted by atomic mass is 10.1. The Bertz CT molecular complexity index is 900. The van der Waals surface area contributed by atoms with Gasteiger partial charge in [-0.05, 0) is 37.6 Å². The molecule has 0 saturated heterocycles. The molecule has 0 saturated carbocycles. The molecule has 0 bridgehead atoms. The van der Waals surface area contributed by atoms with E-state index in [1.54, 1.807) is 36.0 Å². The molecule has 0 spiro atoms. The summed E-state index contributed by atoms with van der Waals surface area (Å²) in [5.41, 5.74) is 1.31. The molecule has 0 aliphatic rings. The molecule has 0 N–H and O–H groups in total. The molecule has 0 radical (unpaired) electrons. The van der Waals surface area contributed by atoms with Crippen molar-refractivity contribution in [1.29, 1.82) is 0 Å². The monoisotopic (exact) mass is 346 g/mol. The summed E-state index contributed by atoms with van der Waals surface area (Å²) in [5.74, 6) is -1.53. The summed E-state index contributed by atoms with van der Waals surface area (Å²) in [5, 5.41) is 0. The summed E-state index contributed by atoms with van der Waals surface area (Å²) in [4.78, 5) is 16.6. The van der Waals surface area contributed by atoms with Crippen LogP contribution in [-0.4, -0.2) is 22.0 Å². The molecule has 0 amide bonds. The van der Waals surface area contributed by atoms with Gasteiger partial charge < -0.3 is 4.57 Å². The van der Waals surface area contributed by atoms with Crippen molar-refractivity contribution in [2.45, 2.75) is 25.8 Å². The average molecular weight is 346 g/mol. The fourth-order valence-corrected chi connectivity index (χ4v) is 3.02. The first-order chi connectivity index (χ1) is 12.0. The zero-order chi connectivity index (χ0) is 18.0. The second kappa shape index (κ2) is 7.09. The number of benzene rings is 1. The molecule has 1 aromatic carbocycles. The number of fused-ring (bicyclic) bond motifs is 1. The lowest BCUT2D eigenvalue weighted by Crippen LogP contribution is -2.10. The van der Waals surface area contributed by atoms with E-state index in [1.165, 1.54) is 18.2 Å². The molecule has 130 valence electrons. The molecular weight excluding hydrogens is 329 g/mol. The van der Waals surface area contributed by atoms with Crippen LogP contribution in [0, 0.1) is 11.6 Å². The van der Waals surface area contributed by atoms with Crippen LogP contribution in [0.1, 0.15) is 41.7 Å². The van der Waals surface area contributed by atoms with Crippen LogP contribution >= 0.6 is 0 Å². The zero-order valence-corrected chi connectivity index (χ0v) is 13.7. The van der Waals surface area contributed by atoms with Crippen molar-refractivity contribution in [1.82, 2.24) is 9.55 Å². The Labute approximate surface area is 143 Å². The van der Waals surface area contributed by atoms with E-state index in [2.05, 4.69) is 4.98 Å². The predicted molar refractivity (Wildman–Crippen MR) is 89.4 cm³/mol. The number of carbonyl (C=O) groups excluding carboxylic acids is 1. The van der Waals surface area contributed by atoms with Gasteiger partial charge in [-0.3, -0.25) is 14.2 Å². The van der Waals surface area contributed by atoms with Gasteiger partial charge in [0.25, 0.3) is 0 Å². The highest BCUT2D eigenvalue weighted by Crippen LogP contribution is 2.30. The van der Waals surface area contributed by atoms with Crippen molar-refractivity contribution in [3.8, 4) is 0 Å². The van der Waals surface area contributed by atoms with Crippen LogP contribution in [0.25, 0.3) is 11.0 Å². The van der Waals surface area contributed by atoms with E-state index in [0.717, 1.165) is 0 Å². The van der Waals surface area contributed by atoms with Gasteiger partial charge in [0, 0.05) is 24.4 Å². The second-order valence-electron chi connectivity index (χ2n) is 5.85. The number of carbonyl (C=O) groups is 1. The largest absolute Gasteiger partial charge is 0.338 e. The molecule has 0 aliphatic heterocycles. The number of aromatic nitrogens is 2.